The predicted molar refractivity (Wildman–Crippen MR) is 102 cm³/mol. The summed E-state index contributed by atoms with van der Waals surface area (Å²) in [6, 6.07) is 0. The molecule has 0 aliphatic carbocycles. The number of methoxy groups -OCH3 is 1. The third kappa shape index (κ3) is 12.7. The zero-order valence-corrected chi connectivity index (χ0v) is 16.2. The topological polar surface area (TPSA) is 9.23 Å². The molecule has 0 amide bonds. The normalized spacial score (nSPS) is 14.7. The molecular weight excluding hydrogens is 268 g/mol. The summed E-state index contributed by atoms with van der Waals surface area (Å²) >= 11 is 0. The molecule has 3 unspecified atom stereocenters. The van der Waals surface area contributed by atoms with E-state index in [9.17, 15) is 0 Å². The smallest absolute Gasteiger partial charge is 0.111 e. The summed E-state index contributed by atoms with van der Waals surface area (Å²) in [5.41, 5.74) is 1.16. The first-order chi connectivity index (χ1) is 10.3. The van der Waals surface area contributed by atoms with Crippen LogP contribution in [0.5, 0.6) is 0 Å². The molecule has 1 nitrogen and oxygen atoms in total. The number of rotatable bonds is 10. The van der Waals surface area contributed by atoms with Gasteiger partial charge in [0.2, 0.25) is 0 Å². The van der Waals surface area contributed by atoms with E-state index in [2.05, 4.69) is 54.7 Å². The molecule has 1 heteroatoms. The van der Waals surface area contributed by atoms with Crippen LogP contribution in [0.15, 0.2) is 36.6 Å². The maximum absolute atomic E-state index is 5.01. The SMILES string of the molecule is C=C(/C=C\C(=C)C(C)CCC(C)C(C)CCC)OC.CCC. The molecule has 0 saturated heterocycles. The minimum Gasteiger partial charge on any atom is -0.497 e. The van der Waals surface area contributed by atoms with Crippen molar-refractivity contribution in [2.75, 3.05) is 7.11 Å². The molecular formula is C21H40O. The Hall–Kier alpha value is -0.980. The Morgan fingerprint density at radius 1 is 0.909 bits per heavy atom. The van der Waals surface area contributed by atoms with Crippen molar-refractivity contribution in [2.45, 2.75) is 73.6 Å². The number of hydrogen-bond donors (Lipinski definition) is 0. The predicted octanol–water partition coefficient (Wildman–Crippen LogP) is 7.16. The summed E-state index contributed by atoms with van der Waals surface area (Å²) < 4.78 is 5.01. The summed E-state index contributed by atoms with van der Waals surface area (Å²) in [4.78, 5) is 0. The second kappa shape index (κ2) is 14.9. The van der Waals surface area contributed by atoms with Gasteiger partial charge in [0.25, 0.3) is 0 Å². The summed E-state index contributed by atoms with van der Waals surface area (Å²) in [7, 11) is 1.63. The highest BCUT2D eigenvalue weighted by molar-refractivity contribution is 5.22. The number of allylic oxidation sites excluding steroid dienone is 3. The van der Waals surface area contributed by atoms with E-state index >= 15 is 0 Å². The lowest BCUT2D eigenvalue weighted by atomic mass is 9.85. The maximum Gasteiger partial charge on any atom is 0.111 e. The van der Waals surface area contributed by atoms with Gasteiger partial charge in [-0.25, -0.2) is 0 Å². The molecule has 0 heterocycles. The van der Waals surface area contributed by atoms with E-state index in [1.165, 1.54) is 32.1 Å². The molecule has 0 spiro atoms. The lowest BCUT2D eigenvalue weighted by Crippen LogP contribution is -2.09. The van der Waals surface area contributed by atoms with Crippen molar-refractivity contribution in [2.24, 2.45) is 17.8 Å². The molecule has 0 aliphatic rings. The van der Waals surface area contributed by atoms with Crippen LogP contribution in [0.3, 0.4) is 0 Å². The minimum absolute atomic E-state index is 0.525. The summed E-state index contributed by atoms with van der Waals surface area (Å²) in [6.45, 7) is 21.4. The molecule has 0 saturated carbocycles. The third-order valence-electron chi connectivity index (χ3n) is 4.15. The van der Waals surface area contributed by atoms with E-state index in [1.54, 1.807) is 7.11 Å². The fourth-order valence-electron chi connectivity index (χ4n) is 2.15. The highest BCUT2D eigenvalue weighted by Crippen LogP contribution is 2.25. The van der Waals surface area contributed by atoms with Crippen molar-refractivity contribution in [3.8, 4) is 0 Å². The highest BCUT2D eigenvalue weighted by atomic mass is 16.5. The van der Waals surface area contributed by atoms with Crippen molar-refractivity contribution in [3.63, 3.8) is 0 Å². The van der Waals surface area contributed by atoms with E-state index in [0.717, 1.165) is 17.4 Å². The first-order valence-electron chi connectivity index (χ1n) is 8.93. The first kappa shape index (κ1) is 23.3. The maximum atomic E-state index is 5.01. The van der Waals surface area contributed by atoms with E-state index in [4.69, 9.17) is 4.74 Å². The largest absolute Gasteiger partial charge is 0.497 e. The third-order valence-corrected chi connectivity index (χ3v) is 4.15. The van der Waals surface area contributed by atoms with Crippen molar-refractivity contribution in [3.05, 3.63) is 36.6 Å². The standard InChI is InChI=1S/C18H32O.C3H8/c1-8-9-14(2)15(3)10-11-16(4)17(5)12-13-18(6)19-7;1-3-2/h12-16H,5-6,8-11H2,1-4,7H3;3H2,1-2H3/b13-12-;. The van der Waals surface area contributed by atoms with Crippen LogP contribution < -0.4 is 0 Å². The van der Waals surface area contributed by atoms with Crippen molar-refractivity contribution < 1.29 is 4.74 Å². The Labute approximate surface area is 140 Å². The van der Waals surface area contributed by atoms with Gasteiger partial charge in [-0.2, -0.15) is 0 Å². The molecule has 3 atom stereocenters. The average molecular weight is 309 g/mol. The van der Waals surface area contributed by atoms with Crippen LogP contribution >= 0.6 is 0 Å². The van der Waals surface area contributed by atoms with Gasteiger partial charge in [-0.3, -0.25) is 0 Å². The van der Waals surface area contributed by atoms with Gasteiger partial charge >= 0.3 is 0 Å². The zero-order chi connectivity index (χ0) is 17.5. The fourth-order valence-corrected chi connectivity index (χ4v) is 2.15. The second-order valence-electron chi connectivity index (χ2n) is 6.51. The first-order valence-corrected chi connectivity index (χ1v) is 8.93. The lowest BCUT2D eigenvalue weighted by molar-refractivity contribution is 0.308. The van der Waals surface area contributed by atoms with Crippen LogP contribution in [0.2, 0.25) is 0 Å². The van der Waals surface area contributed by atoms with Gasteiger partial charge in [-0.1, -0.05) is 85.6 Å². The molecule has 0 N–H and O–H groups in total. The summed E-state index contributed by atoms with van der Waals surface area (Å²) in [5.74, 6) is 2.83. The second-order valence-corrected chi connectivity index (χ2v) is 6.51. The van der Waals surface area contributed by atoms with E-state index in [1.807, 2.05) is 12.2 Å². The van der Waals surface area contributed by atoms with Crippen LogP contribution in [-0.2, 0) is 4.74 Å². The Balaban J connectivity index is 0. The van der Waals surface area contributed by atoms with E-state index in [-0.39, 0.29) is 0 Å². The van der Waals surface area contributed by atoms with Crippen LogP contribution in [0.4, 0.5) is 0 Å². The molecule has 0 aliphatic heterocycles. The molecule has 0 aromatic rings. The quantitative estimate of drug-likeness (QED) is 0.307. The Kier molecular flexibility index (Phi) is 15.8. The van der Waals surface area contributed by atoms with Crippen LogP contribution in [-0.4, -0.2) is 7.11 Å². The van der Waals surface area contributed by atoms with Gasteiger partial charge in [0.05, 0.1) is 7.11 Å². The Morgan fingerprint density at radius 3 is 1.86 bits per heavy atom. The monoisotopic (exact) mass is 308 g/mol. The zero-order valence-electron chi connectivity index (χ0n) is 16.2. The molecule has 0 aromatic carbocycles. The van der Waals surface area contributed by atoms with Gasteiger partial charge in [0.1, 0.15) is 5.76 Å². The number of ether oxygens (including phenoxy) is 1. The molecule has 0 aromatic heterocycles. The fraction of sp³-hybridized carbons (Fsp3) is 0.714. The van der Waals surface area contributed by atoms with Crippen molar-refractivity contribution in [1.29, 1.82) is 0 Å². The minimum atomic E-state index is 0.525. The summed E-state index contributed by atoms with van der Waals surface area (Å²) in [5, 5.41) is 0. The van der Waals surface area contributed by atoms with Gasteiger partial charge in [0, 0.05) is 0 Å². The van der Waals surface area contributed by atoms with Crippen LogP contribution in [0, 0.1) is 17.8 Å². The Bertz CT molecular complexity index is 314. The summed E-state index contributed by atoms with van der Waals surface area (Å²) in [6.07, 6.45) is 10.3. The molecule has 0 rings (SSSR count). The Morgan fingerprint density at radius 2 is 1.41 bits per heavy atom. The molecule has 0 radical (unpaired) electrons. The van der Waals surface area contributed by atoms with Crippen molar-refractivity contribution >= 4 is 0 Å². The molecule has 0 bridgehead atoms. The molecule has 130 valence electrons. The van der Waals surface area contributed by atoms with Gasteiger partial charge < -0.3 is 4.74 Å². The van der Waals surface area contributed by atoms with Gasteiger partial charge in [0.15, 0.2) is 0 Å². The lowest BCUT2D eigenvalue weighted by Gasteiger charge is -2.21. The van der Waals surface area contributed by atoms with E-state index in [0.29, 0.717) is 11.7 Å². The van der Waals surface area contributed by atoms with Gasteiger partial charge in [-0.15, -0.1) is 0 Å². The molecule has 22 heavy (non-hydrogen) atoms. The highest BCUT2D eigenvalue weighted by Gasteiger charge is 2.13. The van der Waals surface area contributed by atoms with Crippen LogP contribution in [0.1, 0.15) is 73.6 Å². The average Bonchev–Trinajstić information content (AvgIpc) is 2.50. The van der Waals surface area contributed by atoms with E-state index < -0.39 is 0 Å². The van der Waals surface area contributed by atoms with Crippen LogP contribution in [0.25, 0.3) is 0 Å². The molecule has 0 fully saturated rings. The van der Waals surface area contributed by atoms with Gasteiger partial charge in [-0.05, 0) is 36.7 Å². The number of hydrogen-bond acceptors (Lipinski definition) is 1. The van der Waals surface area contributed by atoms with Crippen molar-refractivity contribution in [1.82, 2.24) is 0 Å².